The average molecular weight is 434 g/mol. The minimum absolute atomic E-state index is 0.0155. The van der Waals surface area contributed by atoms with Crippen LogP contribution in [0.25, 0.3) is 0 Å². The molecule has 3 amide bonds. The third-order valence-corrected chi connectivity index (χ3v) is 5.64. The van der Waals surface area contributed by atoms with E-state index in [1.54, 1.807) is 0 Å². The summed E-state index contributed by atoms with van der Waals surface area (Å²) in [6.45, 7) is 1.48. The number of fused-ring (bicyclic) bond motifs is 1. The first kappa shape index (κ1) is 21.5. The lowest BCUT2D eigenvalue weighted by Gasteiger charge is -2.30. The molecule has 2 N–H and O–H groups in total. The number of benzene rings is 2. The molecule has 2 aromatic rings. The first-order valence-electron chi connectivity index (χ1n) is 10.9. The smallest absolute Gasteiger partial charge is 0.257 e. The van der Waals surface area contributed by atoms with Gasteiger partial charge in [0.1, 0.15) is 0 Å². The number of hydrazine groups is 1. The number of carbonyl (C=O) groups is 3. The summed E-state index contributed by atoms with van der Waals surface area (Å²) in [5, 5.41) is 5.81. The lowest BCUT2D eigenvalue weighted by atomic mass is 10.0. The van der Waals surface area contributed by atoms with E-state index in [1.807, 2.05) is 53.4 Å². The van der Waals surface area contributed by atoms with Crippen molar-refractivity contribution in [2.75, 3.05) is 24.5 Å². The molecule has 0 fully saturated rings. The Morgan fingerprint density at radius 3 is 2.44 bits per heavy atom. The first-order chi connectivity index (χ1) is 15.6. The number of anilines is 1. The number of carbonyl (C=O) groups excluding carboxylic acids is 3. The molecule has 2 aromatic carbocycles. The van der Waals surface area contributed by atoms with Crippen molar-refractivity contribution >= 4 is 29.1 Å². The van der Waals surface area contributed by atoms with E-state index >= 15 is 0 Å². The molecule has 0 aliphatic carbocycles. The van der Waals surface area contributed by atoms with Crippen molar-refractivity contribution in [3.8, 4) is 0 Å². The Balaban J connectivity index is 1.19. The van der Waals surface area contributed by atoms with Crippen LogP contribution in [0.4, 0.5) is 5.69 Å². The van der Waals surface area contributed by atoms with E-state index in [4.69, 9.17) is 0 Å². The van der Waals surface area contributed by atoms with Crippen LogP contribution in [0, 0.1) is 0 Å². The number of amides is 3. The molecule has 0 bridgehead atoms. The van der Waals surface area contributed by atoms with Gasteiger partial charge in [-0.25, -0.2) is 5.01 Å². The van der Waals surface area contributed by atoms with Gasteiger partial charge in [0, 0.05) is 31.5 Å². The van der Waals surface area contributed by atoms with Crippen LogP contribution in [0.15, 0.2) is 59.7 Å². The highest BCUT2D eigenvalue weighted by Gasteiger charge is 2.22. The summed E-state index contributed by atoms with van der Waals surface area (Å²) in [7, 11) is 0. The molecule has 2 aliphatic heterocycles. The quantitative estimate of drug-likeness (QED) is 0.682. The molecule has 8 nitrogen and oxygen atoms in total. The van der Waals surface area contributed by atoms with E-state index in [2.05, 4.69) is 22.0 Å². The summed E-state index contributed by atoms with van der Waals surface area (Å²) in [6.07, 6.45) is 2.71. The zero-order valence-corrected chi connectivity index (χ0v) is 17.9. The van der Waals surface area contributed by atoms with E-state index in [9.17, 15) is 14.4 Å². The van der Waals surface area contributed by atoms with E-state index in [-0.39, 0.29) is 31.2 Å². The van der Waals surface area contributed by atoms with Crippen LogP contribution < -0.4 is 15.8 Å². The van der Waals surface area contributed by atoms with Crippen molar-refractivity contribution in [2.24, 2.45) is 5.10 Å². The molecule has 32 heavy (non-hydrogen) atoms. The second-order valence-electron chi connectivity index (χ2n) is 7.93. The van der Waals surface area contributed by atoms with Crippen molar-refractivity contribution in [3.05, 3.63) is 65.7 Å². The Bertz CT molecular complexity index is 1020. The SMILES string of the molecule is O=C(CCC(=O)N1CCC(c2ccccc2)=N1)NNC(=O)CN1CCCc2ccccc21. The standard InChI is InChI=1S/C24H27N5O3/c30-22(12-13-24(32)29-16-14-20(27-29)18-7-2-1-3-8-18)25-26-23(31)17-28-15-6-10-19-9-4-5-11-21(19)28/h1-5,7-9,11H,6,10,12-17H2,(H,25,30)(H,26,31). The van der Waals surface area contributed by atoms with Crippen LogP contribution in [0.1, 0.15) is 36.8 Å². The molecule has 2 heterocycles. The van der Waals surface area contributed by atoms with Gasteiger partial charge in [-0.1, -0.05) is 48.5 Å². The van der Waals surface area contributed by atoms with E-state index in [1.165, 1.54) is 10.6 Å². The third kappa shape index (κ3) is 5.32. The largest absolute Gasteiger partial charge is 0.362 e. The molecule has 0 aromatic heterocycles. The highest BCUT2D eigenvalue weighted by molar-refractivity contribution is 6.02. The predicted octanol–water partition coefficient (Wildman–Crippen LogP) is 2.00. The first-order valence-corrected chi connectivity index (χ1v) is 10.9. The van der Waals surface area contributed by atoms with Gasteiger partial charge in [0.2, 0.25) is 11.8 Å². The van der Waals surface area contributed by atoms with Crippen LogP contribution >= 0.6 is 0 Å². The molecule has 0 atom stereocenters. The van der Waals surface area contributed by atoms with Gasteiger partial charge in [0.05, 0.1) is 18.8 Å². The molecule has 2 aliphatic rings. The van der Waals surface area contributed by atoms with Gasteiger partial charge < -0.3 is 4.90 Å². The van der Waals surface area contributed by atoms with Gasteiger partial charge in [0.15, 0.2) is 0 Å². The zero-order valence-electron chi connectivity index (χ0n) is 17.9. The molecular weight excluding hydrogens is 406 g/mol. The van der Waals surface area contributed by atoms with Crippen LogP contribution in [-0.4, -0.2) is 48.1 Å². The molecule has 0 radical (unpaired) electrons. The molecular formula is C24H27N5O3. The lowest BCUT2D eigenvalue weighted by molar-refractivity contribution is -0.134. The van der Waals surface area contributed by atoms with Gasteiger partial charge in [-0.05, 0) is 30.0 Å². The van der Waals surface area contributed by atoms with E-state index in [0.717, 1.165) is 36.3 Å². The zero-order chi connectivity index (χ0) is 22.3. The van der Waals surface area contributed by atoms with Crippen molar-refractivity contribution in [1.82, 2.24) is 15.9 Å². The van der Waals surface area contributed by atoms with Crippen molar-refractivity contribution < 1.29 is 14.4 Å². The maximum atomic E-state index is 12.4. The van der Waals surface area contributed by atoms with Crippen LogP contribution in [-0.2, 0) is 20.8 Å². The van der Waals surface area contributed by atoms with Crippen molar-refractivity contribution in [1.29, 1.82) is 0 Å². The summed E-state index contributed by atoms with van der Waals surface area (Å²) in [5.41, 5.74) is 9.02. The summed E-state index contributed by atoms with van der Waals surface area (Å²) < 4.78 is 0. The van der Waals surface area contributed by atoms with Gasteiger partial charge >= 0.3 is 0 Å². The molecule has 0 spiro atoms. The Hall–Kier alpha value is -3.68. The summed E-state index contributed by atoms with van der Waals surface area (Å²) in [5.74, 6) is -0.905. The predicted molar refractivity (Wildman–Crippen MR) is 122 cm³/mol. The highest BCUT2D eigenvalue weighted by Crippen LogP contribution is 2.26. The molecule has 8 heteroatoms. The number of aryl methyl sites for hydroxylation is 1. The van der Waals surface area contributed by atoms with Crippen LogP contribution in [0.5, 0.6) is 0 Å². The second kappa shape index (κ2) is 10.1. The number of nitrogens with one attached hydrogen (secondary N) is 2. The highest BCUT2D eigenvalue weighted by atomic mass is 16.2. The van der Waals surface area contributed by atoms with Crippen LogP contribution in [0.3, 0.4) is 0 Å². The fourth-order valence-corrected chi connectivity index (χ4v) is 4.01. The summed E-state index contributed by atoms with van der Waals surface area (Å²) >= 11 is 0. The monoisotopic (exact) mass is 433 g/mol. The van der Waals surface area contributed by atoms with Gasteiger partial charge in [-0.2, -0.15) is 5.10 Å². The molecule has 166 valence electrons. The number of hydrogen-bond acceptors (Lipinski definition) is 5. The molecule has 0 saturated carbocycles. The Labute approximate surface area is 187 Å². The number of hydrazone groups is 1. The topological polar surface area (TPSA) is 94.1 Å². The van der Waals surface area contributed by atoms with E-state index in [0.29, 0.717) is 13.0 Å². The van der Waals surface area contributed by atoms with Crippen molar-refractivity contribution in [3.63, 3.8) is 0 Å². The number of para-hydroxylation sites is 1. The Morgan fingerprint density at radius 1 is 0.844 bits per heavy atom. The van der Waals surface area contributed by atoms with Gasteiger partial charge in [-0.15, -0.1) is 0 Å². The van der Waals surface area contributed by atoms with Gasteiger partial charge in [-0.3, -0.25) is 25.2 Å². The Morgan fingerprint density at radius 2 is 1.59 bits per heavy atom. The number of nitrogens with zero attached hydrogens (tertiary/aromatic N) is 3. The maximum Gasteiger partial charge on any atom is 0.257 e. The normalized spacial score (nSPS) is 15.1. The molecule has 0 unspecified atom stereocenters. The fraction of sp³-hybridized carbons (Fsp3) is 0.333. The van der Waals surface area contributed by atoms with E-state index < -0.39 is 5.91 Å². The minimum Gasteiger partial charge on any atom is -0.362 e. The summed E-state index contributed by atoms with van der Waals surface area (Å²) in [4.78, 5) is 38.8. The number of hydrogen-bond donors (Lipinski definition) is 2. The third-order valence-electron chi connectivity index (χ3n) is 5.64. The minimum atomic E-state index is -0.405. The lowest BCUT2D eigenvalue weighted by Crippen LogP contribution is -2.47. The average Bonchev–Trinajstić information content (AvgIpc) is 3.33. The maximum absolute atomic E-state index is 12.4. The molecule has 4 rings (SSSR count). The molecule has 0 saturated heterocycles. The Kier molecular flexibility index (Phi) is 6.79. The van der Waals surface area contributed by atoms with Crippen molar-refractivity contribution in [2.45, 2.75) is 32.1 Å². The fourth-order valence-electron chi connectivity index (χ4n) is 4.01. The van der Waals surface area contributed by atoms with Crippen LogP contribution in [0.2, 0.25) is 0 Å². The second-order valence-corrected chi connectivity index (χ2v) is 7.93. The van der Waals surface area contributed by atoms with Gasteiger partial charge in [0.25, 0.3) is 5.91 Å². The number of rotatable bonds is 6. The summed E-state index contributed by atoms with van der Waals surface area (Å²) in [6, 6.07) is 17.8.